The molecule has 1 saturated heterocycles. The predicted molar refractivity (Wildman–Crippen MR) is 98.6 cm³/mol. The fourth-order valence-corrected chi connectivity index (χ4v) is 6.77. The van der Waals surface area contributed by atoms with E-state index in [2.05, 4.69) is 0 Å². The number of benzene rings is 2. The van der Waals surface area contributed by atoms with Crippen LogP contribution in [0.2, 0.25) is 0 Å². The minimum Gasteiger partial charge on any atom is -0.331 e. The Balaban J connectivity index is 2.12. The van der Waals surface area contributed by atoms with Gasteiger partial charge >= 0.3 is 6.03 Å². The molecule has 126 valence electrons. The molecule has 0 N–H and O–H groups in total. The molecule has 1 aliphatic rings. The van der Waals surface area contributed by atoms with E-state index < -0.39 is 7.14 Å². The van der Waals surface area contributed by atoms with Crippen LogP contribution in [-0.4, -0.2) is 42.3 Å². The average molecular weight is 342 g/mol. The summed E-state index contributed by atoms with van der Waals surface area (Å²) in [7, 11) is 0.544. The van der Waals surface area contributed by atoms with E-state index in [1.165, 1.54) is 0 Å². The van der Waals surface area contributed by atoms with Crippen LogP contribution in [0, 0.1) is 0 Å². The van der Waals surface area contributed by atoms with Gasteiger partial charge in [0.1, 0.15) is 0 Å². The fourth-order valence-electron chi connectivity index (χ4n) is 3.40. The summed E-state index contributed by atoms with van der Waals surface area (Å²) in [5.41, 5.74) is 0. The molecule has 0 spiro atoms. The van der Waals surface area contributed by atoms with Crippen molar-refractivity contribution in [2.75, 3.05) is 20.6 Å². The highest BCUT2D eigenvalue weighted by molar-refractivity contribution is 7.79. The van der Waals surface area contributed by atoms with E-state index in [0.29, 0.717) is 6.54 Å². The van der Waals surface area contributed by atoms with Gasteiger partial charge in [-0.3, -0.25) is 0 Å². The van der Waals surface area contributed by atoms with Gasteiger partial charge in [0.2, 0.25) is 0 Å². The first-order chi connectivity index (χ1) is 11.5. The van der Waals surface area contributed by atoms with Crippen molar-refractivity contribution in [2.24, 2.45) is 0 Å². The Labute approximate surface area is 143 Å². The Morgan fingerprint density at radius 1 is 1.00 bits per heavy atom. The lowest BCUT2D eigenvalue weighted by atomic mass is 10.4. The van der Waals surface area contributed by atoms with E-state index in [0.717, 1.165) is 23.5 Å². The van der Waals surface area contributed by atoms with Gasteiger partial charge in [0, 0.05) is 31.2 Å². The Morgan fingerprint density at radius 3 is 1.96 bits per heavy atom. The van der Waals surface area contributed by atoms with Crippen molar-refractivity contribution in [2.45, 2.75) is 18.6 Å². The van der Waals surface area contributed by atoms with Crippen molar-refractivity contribution in [3.05, 3.63) is 60.7 Å². The third kappa shape index (κ3) is 2.87. The van der Waals surface area contributed by atoms with Gasteiger partial charge in [0.05, 0.1) is 5.78 Å². The monoisotopic (exact) mass is 342 g/mol. The molecular formula is C19H23N2O2P. The molecule has 2 aromatic carbocycles. The molecule has 0 saturated carbocycles. The predicted octanol–water partition coefficient (Wildman–Crippen LogP) is 3.10. The molecule has 3 rings (SSSR count). The number of hydrogen-bond acceptors (Lipinski definition) is 2. The molecule has 2 aromatic rings. The molecule has 1 atom stereocenters. The minimum absolute atomic E-state index is 0.0652. The molecule has 1 aliphatic heterocycles. The van der Waals surface area contributed by atoms with Crippen molar-refractivity contribution >= 4 is 23.8 Å². The maximum absolute atomic E-state index is 14.3. The first-order valence-electron chi connectivity index (χ1n) is 8.24. The van der Waals surface area contributed by atoms with Gasteiger partial charge in [-0.05, 0) is 12.8 Å². The fraction of sp³-hybridized carbons (Fsp3) is 0.316. The molecule has 0 aliphatic carbocycles. The second kappa shape index (κ2) is 6.82. The van der Waals surface area contributed by atoms with Crippen LogP contribution in [0.4, 0.5) is 4.79 Å². The topological polar surface area (TPSA) is 40.6 Å². The summed E-state index contributed by atoms with van der Waals surface area (Å²) in [6.45, 7) is 0.658. The van der Waals surface area contributed by atoms with Crippen molar-refractivity contribution in [1.29, 1.82) is 0 Å². The summed E-state index contributed by atoms with van der Waals surface area (Å²) < 4.78 is 14.3. The van der Waals surface area contributed by atoms with Crippen LogP contribution in [-0.2, 0) is 4.57 Å². The lowest BCUT2D eigenvalue weighted by Crippen LogP contribution is -2.44. The molecule has 0 radical (unpaired) electrons. The number of urea groups is 1. The van der Waals surface area contributed by atoms with Crippen LogP contribution in [0.15, 0.2) is 60.7 Å². The average Bonchev–Trinajstić information content (AvgIpc) is 3.12. The Hall–Kier alpha value is -2.06. The maximum atomic E-state index is 14.3. The lowest BCUT2D eigenvalue weighted by Gasteiger charge is -2.34. The molecule has 24 heavy (non-hydrogen) atoms. The van der Waals surface area contributed by atoms with Crippen LogP contribution in [0.3, 0.4) is 0 Å². The number of likely N-dealkylation sites (tertiary alicyclic amines) is 1. The molecule has 2 amide bonds. The molecule has 1 fully saturated rings. The summed E-state index contributed by atoms with van der Waals surface area (Å²) in [6, 6.07) is 19.1. The minimum atomic E-state index is -2.94. The highest BCUT2D eigenvalue weighted by Crippen LogP contribution is 2.53. The van der Waals surface area contributed by atoms with Crippen LogP contribution >= 0.6 is 7.14 Å². The van der Waals surface area contributed by atoms with Crippen molar-refractivity contribution < 1.29 is 9.36 Å². The number of carbonyl (C=O) groups is 1. The molecule has 0 bridgehead atoms. The largest absolute Gasteiger partial charge is 0.331 e. The third-order valence-corrected chi connectivity index (χ3v) is 8.06. The molecule has 1 unspecified atom stereocenters. The summed E-state index contributed by atoms with van der Waals surface area (Å²) >= 11 is 0. The third-order valence-electron chi connectivity index (χ3n) is 4.55. The van der Waals surface area contributed by atoms with Gasteiger partial charge in [0.25, 0.3) is 0 Å². The zero-order valence-electron chi connectivity index (χ0n) is 14.1. The molecule has 4 nitrogen and oxygen atoms in total. The van der Waals surface area contributed by atoms with E-state index in [9.17, 15) is 9.36 Å². The number of hydrogen-bond donors (Lipinski definition) is 0. The van der Waals surface area contributed by atoms with E-state index in [1.54, 1.807) is 23.9 Å². The summed E-state index contributed by atoms with van der Waals surface area (Å²) in [6.07, 6.45) is 1.65. The highest BCUT2D eigenvalue weighted by atomic mass is 31.2. The Morgan fingerprint density at radius 2 is 1.50 bits per heavy atom. The van der Waals surface area contributed by atoms with Crippen molar-refractivity contribution in [3.8, 4) is 0 Å². The Bertz CT molecular complexity index is 703. The second-order valence-corrected chi connectivity index (χ2v) is 9.27. The van der Waals surface area contributed by atoms with Gasteiger partial charge in [0.15, 0.2) is 7.14 Å². The number of nitrogens with zero attached hydrogens (tertiary/aromatic N) is 2. The zero-order chi connectivity index (χ0) is 17.2. The standard InChI is InChI=1S/C19H23N2O2P/c1-20(2)19(22)21-15-9-14-18(21)24(23,16-10-5-3-6-11-16)17-12-7-4-8-13-17/h3-8,10-13,18H,9,14-15H2,1-2H3. The first-order valence-corrected chi connectivity index (χ1v) is 10.0. The second-order valence-electron chi connectivity index (χ2n) is 6.32. The first kappa shape index (κ1) is 16.8. The Kier molecular flexibility index (Phi) is 4.77. The molecule has 0 aromatic heterocycles. The van der Waals surface area contributed by atoms with E-state index in [-0.39, 0.29) is 11.8 Å². The van der Waals surface area contributed by atoms with Crippen LogP contribution in [0.5, 0.6) is 0 Å². The lowest BCUT2D eigenvalue weighted by molar-refractivity contribution is 0.177. The van der Waals surface area contributed by atoms with Crippen molar-refractivity contribution in [1.82, 2.24) is 9.80 Å². The number of carbonyl (C=O) groups excluding carboxylic acids is 1. The van der Waals surface area contributed by atoms with Gasteiger partial charge < -0.3 is 14.4 Å². The van der Waals surface area contributed by atoms with Crippen LogP contribution in [0.1, 0.15) is 12.8 Å². The van der Waals surface area contributed by atoms with Gasteiger partial charge in [-0.25, -0.2) is 4.79 Å². The van der Waals surface area contributed by atoms with Crippen LogP contribution < -0.4 is 10.6 Å². The molecule has 1 heterocycles. The quantitative estimate of drug-likeness (QED) is 0.804. The summed E-state index contributed by atoms with van der Waals surface area (Å²) in [4.78, 5) is 16.0. The summed E-state index contributed by atoms with van der Waals surface area (Å²) in [5.74, 6) is -0.280. The van der Waals surface area contributed by atoms with E-state index >= 15 is 0 Å². The van der Waals surface area contributed by atoms with Crippen molar-refractivity contribution in [3.63, 3.8) is 0 Å². The van der Waals surface area contributed by atoms with Gasteiger partial charge in [-0.15, -0.1) is 0 Å². The zero-order valence-corrected chi connectivity index (χ0v) is 15.0. The van der Waals surface area contributed by atoms with Gasteiger partial charge in [-0.2, -0.15) is 0 Å². The normalized spacial score (nSPS) is 17.8. The number of amides is 2. The van der Waals surface area contributed by atoms with Gasteiger partial charge in [-0.1, -0.05) is 60.7 Å². The number of rotatable bonds is 3. The summed E-state index contributed by atoms with van der Waals surface area (Å²) in [5, 5.41) is 1.64. The van der Waals surface area contributed by atoms with E-state index in [4.69, 9.17) is 0 Å². The highest BCUT2D eigenvalue weighted by Gasteiger charge is 2.44. The molecule has 5 heteroatoms. The smallest absolute Gasteiger partial charge is 0.320 e. The maximum Gasteiger partial charge on any atom is 0.320 e. The van der Waals surface area contributed by atoms with Crippen LogP contribution in [0.25, 0.3) is 0 Å². The molecular weight excluding hydrogens is 319 g/mol. The SMILES string of the molecule is CN(C)C(=O)N1CCCC1P(=O)(c1ccccc1)c1ccccc1. The van der Waals surface area contributed by atoms with E-state index in [1.807, 2.05) is 60.7 Å².